The molecule has 140 valence electrons. The monoisotopic (exact) mass is 367 g/mol. The second kappa shape index (κ2) is 9.03. The van der Waals surface area contributed by atoms with Crippen molar-refractivity contribution >= 4 is 16.7 Å². The van der Waals surface area contributed by atoms with E-state index in [9.17, 15) is 9.18 Å². The average Bonchev–Trinajstić information content (AvgIpc) is 2.70. The summed E-state index contributed by atoms with van der Waals surface area (Å²) in [4.78, 5) is 12.3. The van der Waals surface area contributed by atoms with Crippen LogP contribution in [-0.2, 0) is 4.79 Å². The molecule has 0 radical (unpaired) electrons. The zero-order valence-corrected chi connectivity index (χ0v) is 15.2. The standard InChI is InChI=1S/C22H22FNO3/c1-2-21(27-19-11-8-18(23)9-12-19)22(25)24-13-14-26-20-10-7-16-5-3-4-6-17(16)15-20/h3-12,15,21H,2,13-14H2,1H3,(H,24,25)/t21-/m1/s1. The number of nitrogens with one attached hydrogen (secondary N) is 1. The Balaban J connectivity index is 1.46. The van der Waals surface area contributed by atoms with Gasteiger partial charge < -0.3 is 14.8 Å². The number of carbonyl (C=O) groups is 1. The molecular weight excluding hydrogens is 345 g/mol. The highest BCUT2D eigenvalue weighted by Gasteiger charge is 2.17. The summed E-state index contributed by atoms with van der Waals surface area (Å²) >= 11 is 0. The van der Waals surface area contributed by atoms with Crippen molar-refractivity contribution in [3.63, 3.8) is 0 Å². The molecule has 1 atom stereocenters. The number of rotatable bonds is 8. The van der Waals surface area contributed by atoms with Crippen LogP contribution in [0.1, 0.15) is 13.3 Å². The SMILES string of the molecule is CC[C@@H](Oc1ccc(F)cc1)C(=O)NCCOc1ccc2ccccc2c1. The highest BCUT2D eigenvalue weighted by molar-refractivity contribution is 5.83. The van der Waals surface area contributed by atoms with Gasteiger partial charge in [-0.3, -0.25) is 4.79 Å². The molecule has 3 aromatic carbocycles. The van der Waals surface area contributed by atoms with Crippen LogP contribution in [0.3, 0.4) is 0 Å². The Morgan fingerprint density at radius 2 is 1.70 bits per heavy atom. The highest BCUT2D eigenvalue weighted by Crippen LogP contribution is 2.20. The van der Waals surface area contributed by atoms with Gasteiger partial charge in [0.1, 0.15) is 23.9 Å². The molecule has 4 nitrogen and oxygen atoms in total. The number of ether oxygens (including phenoxy) is 2. The number of hydrogen-bond donors (Lipinski definition) is 1. The van der Waals surface area contributed by atoms with Crippen LogP contribution in [0.2, 0.25) is 0 Å². The van der Waals surface area contributed by atoms with Crippen molar-refractivity contribution in [3.8, 4) is 11.5 Å². The van der Waals surface area contributed by atoms with E-state index in [0.29, 0.717) is 25.3 Å². The Bertz CT molecular complexity index is 895. The maximum absolute atomic E-state index is 12.9. The van der Waals surface area contributed by atoms with Crippen molar-refractivity contribution in [1.82, 2.24) is 5.32 Å². The van der Waals surface area contributed by atoms with Crippen LogP contribution in [0.4, 0.5) is 4.39 Å². The summed E-state index contributed by atoms with van der Waals surface area (Å²) in [5.74, 6) is 0.665. The van der Waals surface area contributed by atoms with Crippen molar-refractivity contribution in [2.75, 3.05) is 13.2 Å². The third-order valence-electron chi connectivity index (χ3n) is 4.15. The molecule has 0 fully saturated rings. The molecule has 0 aliphatic rings. The molecular formula is C22H22FNO3. The Kier molecular flexibility index (Phi) is 6.26. The van der Waals surface area contributed by atoms with Crippen LogP contribution in [0.25, 0.3) is 10.8 Å². The lowest BCUT2D eigenvalue weighted by molar-refractivity contribution is -0.128. The van der Waals surface area contributed by atoms with Gasteiger partial charge in [0.2, 0.25) is 0 Å². The number of benzene rings is 3. The summed E-state index contributed by atoms with van der Waals surface area (Å²) in [5.41, 5.74) is 0. The van der Waals surface area contributed by atoms with Crippen LogP contribution in [0.15, 0.2) is 66.7 Å². The van der Waals surface area contributed by atoms with E-state index in [4.69, 9.17) is 9.47 Å². The molecule has 0 heterocycles. The first-order chi connectivity index (χ1) is 13.2. The molecule has 0 aromatic heterocycles. The van der Waals surface area contributed by atoms with Gasteiger partial charge in [-0.1, -0.05) is 37.3 Å². The van der Waals surface area contributed by atoms with Gasteiger partial charge in [0, 0.05) is 0 Å². The van der Waals surface area contributed by atoms with E-state index in [1.807, 2.05) is 49.4 Å². The minimum absolute atomic E-state index is 0.219. The molecule has 0 saturated heterocycles. The minimum atomic E-state index is -0.629. The first kappa shape index (κ1) is 18.7. The van der Waals surface area contributed by atoms with E-state index < -0.39 is 6.10 Å². The molecule has 0 aliphatic carbocycles. The molecule has 5 heteroatoms. The zero-order valence-electron chi connectivity index (χ0n) is 15.2. The lowest BCUT2D eigenvalue weighted by Gasteiger charge is -2.17. The van der Waals surface area contributed by atoms with E-state index in [-0.39, 0.29) is 11.7 Å². The van der Waals surface area contributed by atoms with Crippen molar-refractivity contribution in [1.29, 1.82) is 0 Å². The Morgan fingerprint density at radius 1 is 1.00 bits per heavy atom. The van der Waals surface area contributed by atoms with Crippen molar-refractivity contribution < 1.29 is 18.7 Å². The van der Waals surface area contributed by atoms with Gasteiger partial charge in [0.25, 0.3) is 5.91 Å². The molecule has 0 aliphatic heterocycles. The molecule has 0 saturated carbocycles. The first-order valence-electron chi connectivity index (χ1n) is 8.97. The van der Waals surface area contributed by atoms with Crippen LogP contribution in [-0.4, -0.2) is 25.2 Å². The fraction of sp³-hybridized carbons (Fsp3) is 0.227. The summed E-state index contributed by atoms with van der Waals surface area (Å²) < 4.78 is 24.3. The van der Waals surface area contributed by atoms with Gasteiger partial charge in [-0.05, 0) is 53.6 Å². The Hall–Kier alpha value is -3.08. The van der Waals surface area contributed by atoms with Gasteiger partial charge >= 0.3 is 0 Å². The van der Waals surface area contributed by atoms with Crippen molar-refractivity contribution in [2.24, 2.45) is 0 Å². The summed E-state index contributed by atoms with van der Waals surface area (Å²) in [6.07, 6.45) is -0.120. The smallest absolute Gasteiger partial charge is 0.261 e. The molecule has 0 unspecified atom stereocenters. The van der Waals surface area contributed by atoms with E-state index in [0.717, 1.165) is 16.5 Å². The van der Waals surface area contributed by atoms with E-state index in [1.54, 1.807) is 0 Å². The maximum atomic E-state index is 12.9. The predicted octanol–water partition coefficient (Wildman–Crippen LogP) is 4.33. The van der Waals surface area contributed by atoms with Crippen LogP contribution >= 0.6 is 0 Å². The van der Waals surface area contributed by atoms with E-state index in [1.165, 1.54) is 24.3 Å². The molecule has 1 amide bonds. The summed E-state index contributed by atoms with van der Waals surface area (Å²) in [6.45, 7) is 2.59. The quantitative estimate of drug-likeness (QED) is 0.603. The Morgan fingerprint density at radius 3 is 2.44 bits per heavy atom. The largest absolute Gasteiger partial charge is 0.492 e. The molecule has 1 N–H and O–H groups in total. The lowest BCUT2D eigenvalue weighted by atomic mass is 10.1. The number of carbonyl (C=O) groups excluding carboxylic acids is 1. The molecule has 27 heavy (non-hydrogen) atoms. The highest BCUT2D eigenvalue weighted by atomic mass is 19.1. The normalized spacial score (nSPS) is 11.8. The first-order valence-corrected chi connectivity index (χ1v) is 8.97. The molecule has 3 aromatic rings. The fourth-order valence-electron chi connectivity index (χ4n) is 2.71. The van der Waals surface area contributed by atoms with Gasteiger partial charge in [0.05, 0.1) is 6.54 Å². The van der Waals surface area contributed by atoms with Crippen LogP contribution in [0, 0.1) is 5.82 Å². The Labute approximate surface area is 157 Å². The lowest BCUT2D eigenvalue weighted by Crippen LogP contribution is -2.39. The number of fused-ring (bicyclic) bond motifs is 1. The van der Waals surface area contributed by atoms with Gasteiger partial charge in [-0.2, -0.15) is 0 Å². The number of halogens is 1. The predicted molar refractivity (Wildman–Crippen MR) is 104 cm³/mol. The van der Waals surface area contributed by atoms with Gasteiger partial charge in [-0.25, -0.2) is 4.39 Å². The van der Waals surface area contributed by atoms with E-state index in [2.05, 4.69) is 5.32 Å². The zero-order chi connectivity index (χ0) is 19.1. The summed E-state index contributed by atoms with van der Waals surface area (Å²) in [5, 5.41) is 5.07. The van der Waals surface area contributed by atoms with Crippen LogP contribution < -0.4 is 14.8 Å². The van der Waals surface area contributed by atoms with Crippen molar-refractivity contribution in [3.05, 3.63) is 72.5 Å². The third-order valence-corrected chi connectivity index (χ3v) is 4.15. The number of amides is 1. The molecule has 3 rings (SSSR count). The topological polar surface area (TPSA) is 47.6 Å². The van der Waals surface area contributed by atoms with Gasteiger partial charge in [-0.15, -0.1) is 0 Å². The second-order valence-electron chi connectivity index (χ2n) is 6.12. The summed E-state index contributed by atoms with van der Waals surface area (Å²) in [7, 11) is 0. The van der Waals surface area contributed by atoms with Gasteiger partial charge in [0.15, 0.2) is 6.10 Å². The second-order valence-corrected chi connectivity index (χ2v) is 6.12. The third kappa shape index (κ3) is 5.20. The van der Waals surface area contributed by atoms with Crippen LogP contribution in [0.5, 0.6) is 11.5 Å². The van der Waals surface area contributed by atoms with Crippen molar-refractivity contribution in [2.45, 2.75) is 19.4 Å². The molecule has 0 bridgehead atoms. The number of hydrogen-bond acceptors (Lipinski definition) is 3. The summed E-state index contributed by atoms with van der Waals surface area (Å²) in [6, 6.07) is 19.6. The minimum Gasteiger partial charge on any atom is -0.492 e. The molecule has 0 spiro atoms. The fourth-order valence-corrected chi connectivity index (χ4v) is 2.71. The van der Waals surface area contributed by atoms with E-state index >= 15 is 0 Å². The average molecular weight is 367 g/mol. The maximum Gasteiger partial charge on any atom is 0.261 e.